The highest BCUT2D eigenvalue weighted by Crippen LogP contribution is 2.31. The molecule has 0 radical (unpaired) electrons. The maximum atomic E-state index is 3.34. The summed E-state index contributed by atoms with van der Waals surface area (Å²) in [5, 5.41) is 3.34. The molecule has 0 amide bonds. The molecule has 0 aromatic heterocycles. The first-order chi connectivity index (χ1) is 6.84. The third kappa shape index (κ3) is 1.14. The maximum absolute atomic E-state index is 3.34. The molecule has 0 saturated carbocycles. The van der Waals surface area contributed by atoms with Crippen molar-refractivity contribution in [3.63, 3.8) is 0 Å². The third-order valence-corrected chi connectivity index (χ3v) is 3.37. The zero-order chi connectivity index (χ0) is 9.54. The zero-order valence-electron chi connectivity index (χ0n) is 8.59. The van der Waals surface area contributed by atoms with Crippen molar-refractivity contribution in [2.75, 3.05) is 24.5 Å². The van der Waals surface area contributed by atoms with E-state index in [4.69, 9.17) is 0 Å². The van der Waals surface area contributed by atoms with Crippen molar-refractivity contribution >= 4 is 5.69 Å². The van der Waals surface area contributed by atoms with E-state index in [-0.39, 0.29) is 0 Å². The summed E-state index contributed by atoms with van der Waals surface area (Å²) in [5.41, 5.74) is 4.39. The summed E-state index contributed by atoms with van der Waals surface area (Å²) in [7, 11) is 0. The van der Waals surface area contributed by atoms with E-state index in [0.717, 1.165) is 19.1 Å². The lowest BCUT2D eigenvalue weighted by atomic mass is 10.1. The molecular formula is C12H16N2. The van der Waals surface area contributed by atoms with Gasteiger partial charge in [0, 0.05) is 25.3 Å². The van der Waals surface area contributed by atoms with Crippen LogP contribution >= 0.6 is 0 Å². The Morgan fingerprint density at radius 3 is 2.93 bits per heavy atom. The number of hydrogen-bond acceptors (Lipinski definition) is 2. The Bertz CT molecular complexity index is 355. The van der Waals surface area contributed by atoms with Crippen molar-refractivity contribution < 1.29 is 0 Å². The molecule has 0 unspecified atom stereocenters. The minimum Gasteiger partial charge on any atom is -0.365 e. The van der Waals surface area contributed by atoms with Gasteiger partial charge in [-0.25, -0.2) is 0 Å². The molecule has 14 heavy (non-hydrogen) atoms. The number of nitrogens with one attached hydrogen (secondary N) is 1. The molecule has 1 aromatic rings. The van der Waals surface area contributed by atoms with Crippen molar-refractivity contribution in [3.8, 4) is 0 Å². The fraction of sp³-hybridized carbons (Fsp3) is 0.500. The van der Waals surface area contributed by atoms with Gasteiger partial charge in [-0.2, -0.15) is 0 Å². The topological polar surface area (TPSA) is 15.3 Å². The van der Waals surface area contributed by atoms with E-state index >= 15 is 0 Å². The molecule has 1 N–H and O–H groups in total. The summed E-state index contributed by atoms with van der Waals surface area (Å²) >= 11 is 0. The highest BCUT2D eigenvalue weighted by atomic mass is 15.2. The highest BCUT2D eigenvalue weighted by molar-refractivity contribution is 5.60. The summed E-state index contributed by atoms with van der Waals surface area (Å²) in [4.78, 5) is 2.57. The van der Waals surface area contributed by atoms with E-state index in [1.165, 1.54) is 29.8 Å². The Kier molecular flexibility index (Phi) is 1.77. The Hall–Kier alpha value is -1.02. The fourth-order valence-electron chi connectivity index (χ4n) is 2.39. The van der Waals surface area contributed by atoms with Gasteiger partial charge in [-0.3, -0.25) is 0 Å². The van der Waals surface area contributed by atoms with Crippen molar-refractivity contribution in [3.05, 3.63) is 29.3 Å². The minimum atomic E-state index is 0.748. The highest BCUT2D eigenvalue weighted by Gasteiger charge is 2.29. The first kappa shape index (κ1) is 8.30. The number of rotatable bonds is 1. The number of aryl methyl sites for hydroxylation is 1. The average molecular weight is 188 g/mol. The molecule has 2 heterocycles. The number of benzene rings is 1. The van der Waals surface area contributed by atoms with Crippen LogP contribution in [0.2, 0.25) is 0 Å². The monoisotopic (exact) mass is 188 g/mol. The van der Waals surface area contributed by atoms with E-state index in [1.807, 2.05) is 0 Å². The van der Waals surface area contributed by atoms with Crippen molar-refractivity contribution in [2.45, 2.75) is 19.4 Å². The van der Waals surface area contributed by atoms with Gasteiger partial charge in [-0.15, -0.1) is 0 Å². The van der Waals surface area contributed by atoms with Crippen LogP contribution in [0.15, 0.2) is 18.2 Å². The smallest absolute Gasteiger partial charge is 0.0539 e. The molecule has 1 fully saturated rings. The van der Waals surface area contributed by atoms with E-state index in [2.05, 4.69) is 35.3 Å². The van der Waals surface area contributed by atoms with Gasteiger partial charge in [0.05, 0.1) is 6.04 Å². The van der Waals surface area contributed by atoms with Crippen molar-refractivity contribution in [1.29, 1.82) is 0 Å². The van der Waals surface area contributed by atoms with Crippen LogP contribution in [0.25, 0.3) is 0 Å². The predicted octanol–water partition coefficient (Wildman–Crippen LogP) is 1.33. The maximum Gasteiger partial charge on any atom is 0.0539 e. The second-order valence-electron chi connectivity index (χ2n) is 4.39. The molecule has 1 saturated heterocycles. The van der Waals surface area contributed by atoms with Gasteiger partial charge in [0.25, 0.3) is 0 Å². The van der Waals surface area contributed by atoms with Crippen molar-refractivity contribution in [1.82, 2.24) is 5.32 Å². The quantitative estimate of drug-likeness (QED) is 0.715. The molecule has 0 bridgehead atoms. The van der Waals surface area contributed by atoms with Crippen LogP contribution in [-0.4, -0.2) is 25.7 Å². The second-order valence-corrected chi connectivity index (χ2v) is 4.39. The molecule has 0 aliphatic carbocycles. The predicted molar refractivity (Wildman–Crippen MR) is 58.9 cm³/mol. The fourth-order valence-corrected chi connectivity index (χ4v) is 2.39. The van der Waals surface area contributed by atoms with Crippen molar-refractivity contribution in [2.24, 2.45) is 0 Å². The van der Waals surface area contributed by atoms with E-state index in [1.54, 1.807) is 0 Å². The molecule has 0 atom stereocenters. The number of hydrogen-bond donors (Lipinski definition) is 1. The molecular weight excluding hydrogens is 172 g/mol. The van der Waals surface area contributed by atoms with Crippen LogP contribution in [-0.2, 0) is 6.42 Å². The molecule has 0 spiro atoms. The summed E-state index contributed by atoms with van der Waals surface area (Å²) in [5.74, 6) is 0. The Morgan fingerprint density at radius 2 is 2.21 bits per heavy atom. The molecule has 2 aliphatic rings. The van der Waals surface area contributed by atoms with Crippen LogP contribution in [0.3, 0.4) is 0 Å². The molecule has 3 rings (SSSR count). The lowest BCUT2D eigenvalue weighted by Crippen LogP contribution is -2.56. The molecule has 1 aromatic carbocycles. The first-order valence-electron chi connectivity index (χ1n) is 5.41. The van der Waals surface area contributed by atoms with E-state index < -0.39 is 0 Å². The Labute approximate surface area is 84.9 Å². The third-order valence-electron chi connectivity index (χ3n) is 3.37. The van der Waals surface area contributed by atoms with Gasteiger partial charge in [-0.1, -0.05) is 12.1 Å². The average Bonchev–Trinajstić information content (AvgIpc) is 2.46. The van der Waals surface area contributed by atoms with Gasteiger partial charge < -0.3 is 10.2 Å². The summed E-state index contributed by atoms with van der Waals surface area (Å²) < 4.78 is 0. The number of fused-ring (bicyclic) bond motifs is 1. The standard InChI is InChI=1S/C12H16N2/c1-9-2-3-10-4-5-14(12(10)6-9)11-7-13-8-11/h2-3,6,11,13H,4-5,7-8H2,1H3. The van der Waals surface area contributed by atoms with Crippen LogP contribution in [0.5, 0.6) is 0 Å². The summed E-state index contributed by atoms with van der Waals surface area (Å²) in [6.45, 7) is 5.71. The van der Waals surface area contributed by atoms with E-state index in [9.17, 15) is 0 Å². The Balaban J connectivity index is 1.95. The van der Waals surface area contributed by atoms with Gasteiger partial charge in [-0.05, 0) is 30.5 Å². The Morgan fingerprint density at radius 1 is 1.36 bits per heavy atom. The normalized spacial score (nSPS) is 20.8. The van der Waals surface area contributed by atoms with Crippen LogP contribution in [0, 0.1) is 6.92 Å². The summed E-state index contributed by atoms with van der Waals surface area (Å²) in [6, 6.07) is 7.59. The number of anilines is 1. The first-order valence-corrected chi connectivity index (χ1v) is 5.41. The van der Waals surface area contributed by atoms with Gasteiger partial charge in [0.15, 0.2) is 0 Å². The summed E-state index contributed by atoms with van der Waals surface area (Å²) in [6.07, 6.45) is 1.23. The molecule has 2 heteroatoms. The van der Waals surface area contributed by atoms with Gasteiger partial charge in [0.2, 0.25) is 0 Å². The van der Waals surface area contributed by atoms with Gasteiger partial charge in [0.1, 0.15) is 0 Å². The zero-order valence-corrected chi connectivity index (χ0v) is 8.59. The number of nitrogens with zero attached hydrogens (tertiary/aromatic N) is 1. The lowest BCUT2D eigenvalue weighted by Gasteiger charge is -2.37. The SMILES string of the molecule is Cc1ccc2c(c1)N(C1CNC1)CC2. The molecule has 2 aliphatic heterocycles. The largest absolute Gasteiger partial charge is 0.365 e. The lowest BCUT2D eigenvalue weighted by molar-refractivity contribution is 0.420. The molecule has 2 nitrogen and oxygen atoms in total. The van der Waals surface area contributed by atoms with Crippen LogP contribution in [0.4, 0.5) is 5.69 Å². The second kappa shape index (κ2) is 2.99. The van der Waals surface area contributed by atoms with Crippen LogP contribution in [0.1, 0.15) is 11.1 Å². The van der Waals surface area contributed by atoms with Crippen LogP contribution < -0.4 is 10.2 Å². The molecule has 74 valence electrons. The van der Waals surface area contributed by atoms with Gasteiger partial charge >= 0.3 is 0 Å². The minimum absolute atomic E-state index is 0.748. The van der Waals surface area contributed by atoms with E-state index in [0.29, 0.717) is 0 Å².